The lowest BCUT2D eigenvalue weighted by atomic mass is 10.4. The Morgan fingerprint density at radius 3 is 3.08 bits per heavy atom. The van der Waals surface area contributed by atoms with E-state index in [0.717, 1.165) is 0 Å². The summed E-state index contributed by atoms with van der Waals surface area (Å²) in [4.78, 5) is 16.8. The molecule has 0 aliphatic rings. The molecule has 0 spiro atoms. The van der Waals surface area contributed by atoms with E-state index in [2.05, 4.69) is 21.1 Å². The third-order valence-corrected chi connectivity index (χ3v) is 1.57. The van der Waals surface area contributed by atoms with E-state index in [9.17, 15) is 4.79 Å². The summed E-state index contributed by atoms with van der Waals surface area (Å²) in [6.45, 7) is 2.70. The number of amides is 1. The monoisotopic (exact) mass is 178 g/mol. The van der Waals surface area contributed by atoms with Gasteiger partial charge in [-0.1, -0.05) is 5.92 Å². The predicted molar refractivity (Wildman–Crippen MR) is 46.8 cm³/mol. The van der Waals surface area contributed by atoms with Crippen LogP contribution >= 0.6 is 0 Å². The van der Waals surface area contributed by atoms with Crippen LogP contribution in [0.4, 0.5) is 0 Å². The minimum absolute atomic E-state index is 0.220. The van der Waals surface area contributed by atoms with E-state index in [4.69, 9.17) is 6.42 Å². The van der Waals surface area contributed by atoms with Crippen molar-refractivity contribution < 1.29 is 4.79 Å². The van der Waals surface area contributed by atoms with Gasteiger partial charge in [0.25, 0.3) is 5.91 Å². The lowest BCUT2D eigenvalue weighted by Gasteiger charge is -2.15. The van der Waals surface area contributed by atoms with Crippen molar-refractivity contribution in [1.29, 1.82) is 0 Å². The molecule has 0 atom stereocenters. The van der Waals surface area contributed by atoms with Crippen molar-refractivity contribution in [2.75, 3.05) is 13.1 Å². The highest BCUT2D eigenvalue weighted by molar-refractivity contribution is 5.90. The number of hydrogen-bond donors (Lipinski definition) is 1. The molecule has 1 rings (SSSR count). The van der Waals surface area contributed by atoms with Crippen LogP contribution in [0.25, 0.3) is 0 Å². The summed E-state index contributed by atoms with van der Waals surface area (Å²) in [7, 11) is 0. The lowest BCUT2D eigenvalue weighted by Crippen LogP contribution is -2.31. The molecule has 0 radical (unpaired) electrons. The van der Waals surface area contributed by atoms with Gasteiger partial charge < -0.3 is 4.90 Å². The molecule has 0 aliphatic heterocycles. The summed E-state index contributed by atoms with van der Waals surface area (Å²) in [5, 5.41) is 6.07. The second-order valence-corrected chi connectivity index (χ2v) is 2.36. The highest BCUT2D eigenvalue weighted by atomic mass is 16.2. The van der Waals surface area contributed by atoms with Crippen molar-refractivity contribution in [3.8, 4) is 12.3 Å². The van der Waals surface area contributed by atoms with E-state index in [0.29, 0.717) is 6.54 Å². The molecular weight excluding hydrogens is 168 g/mol. The zero-order valence-corrected chi connectivity index (χ0v) is 7.32. The van der Waals surface area contributed by atoms with Crippen molar-refractivity contribution in [3.63, 3.8) is 0 Å². The number of H-pyrrole nitrogens is 1. The van der Waals surface area contributed by atoms with Gasteiger partial charge in [-0.25, -0.2) is 4.98 Å². The van der Waals surface area contributed by atoms with Crippen LogP contribution in [0.1, 0.15) is 17.5 Å². The highest BCUT2D eigenvalue weighted by Gasteiger charge is 2.15. The summed E-state index contributed by atoms with van der Waals surface area (Å²) in [5.74, 6) is 2.40. The van der Waals surface area contributed by atoms with Gasteiger partial charge in [0.05, 0.1) is 6.54 Å². The normalized spacial score (nSPS) is 9.23. The number of nitrogens with zero attached hydrogens (tertiary/aromatic N) is 3. The minimum Gasteiger partial charge on any atom is -0.325 e. The number of rotatable bonds is 3. The Bertz CT molecular complexity index is 311. The van der Waals surface area contributed by atoms with Crippen LogP contribution in [0.15, 0.2) is 6.33 Å². The predicted octanol–water partition coefficient (Wildman–Crippen LogP) is -0.100. The highest BCUT2D eigenvalue weighted by Crippen LogP contribution is 1.96. The molecule has 0 unspecified atom stereocenters. The number of hydrogen-bond acceptors (Lipinski definition) is 3. The van der Waals surface area contributed by atoms with Crippen LogP contribution < -0.4 is 0 Å². The summed E-state index contributed by atoms with van der Waals surface area (Å²) >= 11 is 0. The van der Waals surface area contributed by atoms with Crippen molar-refractivity contribution >= 4 is 5.91 Å². The first-order valence-corrected chi connectivity index (χ1v) is 3.87. The molecule has 0 aromatic carbocycles. The summed E-state index contributed by atoms with van der Waals surface area (Å²) in [6, 6.07) is 0. The Kier molecular flexibility index (Phi) is 3.03. The lowest BCUT2D eigenvalue weighted by molar-refractivity contribution is 0.0773. The molecule has 5 heteroatoms. The number of carbonyl (C=O) groups is 1. The molecule has 1 N–H and O–H groups in total. The van der Waals surface area contributed by atoms with E-state index >= 15 is 0 Å². The average Bonchev–Trinajstić information content (AvgIpc) is 2.65. The number of aromatic nitrogens is 3. The van der Waals surface area contributed by atoms with Crippen molar-refractivity contribution in [2.24, 2.45) is 0 Å². The molecule has 0 fully saturated rings. The fraction of sp³-hybridized carbons (Fsp3) is 0.375. The van der Waals surface area contributed by atoms with Crippen molar-refractivity contribution in [3.05, 3.63) is 12.2 Å². The van der Waals surface area contributed by atoms with Crippen LogP contribution in [0.5, 0.6) is 0 Å². The molecule has 68 valence electrons. The third kappa shape index (κ3) is 2.06. The van der Waals surface area contributed by atoms with E-state index in [1.54, 1.807) is 0 Å². The third-order valence-electron chi connectivity index (χ3n) is 1.57. The quantitative estimate of drug-likeness (QED) is 0.657. The minimum atomic E-state index is -0.224. The van der Waals surface area contributed by atoms with Gasteiger partial charge in [-0.2, -0.15) is 5.10 Å². The van der Waals surface area contributed by atoms with Gasteiger partial charge in [-0.3, -0.25) is 9.89 Å². The van der Waals surface area contributed by atoms with Crippen LogP contribution in [-0.2, 0) is 0 Å². The number of aromatic amines is 1. The number of nitrogens with one attached hydrogen (secondary N) is 1. The fourth-order valence-corrected chi connectivity index (χ4v) is 0.896. The SMILES string of the molecule is C#CCN(CC)C(=O)c1ncn[nH]1. The van der Waals surface area contributed by atoms with Crippen LogP contribution in [0.3, 0.4) is 0 Å². The maximum Gasteiger partial charge on any atom is 0.291 e. The van der Waals surface area contributed by atoms with Gasteiger partial charge in [0, 0.05) is 6.54 Å². The van der Waals surface area contributed by atoms with Gasteiger partial charge in [0.15, 0.2) is 0 Å². The summed E-state index contributed by atoms with van der Waals surface area (Å²) in [5.41, 5.74) is 0. The van der Waals surface area contributed by atoms with Gasteiger partial charge >= 0.3 is 0 Å². The Balaban J connectivity index is 2.72. The first-order chi connectivity index (χ1) is 6.29. The Hall–Kier alpha value is -1.83. The molecule has 1 amide bonds. The van der Waals surface area contributed by atoms with Gasteiger partial charge in [-0.05, 0) is 6.92 Å². The molecule has 5 nitrogen and oxygen atoms in total. The maximum atomic E-state index is 11.5. The molecule has 0 aliphatic carbocycles. The Labute approximate surface area is 76.2 Å². The molecule has 1 aromatic rings. The van der Waals surface area contributed by atoms with Crippen LogP contribution in [0.2, 0.25) is 0 Å². The smallest absolute Gasteiger partial charge is 0.291 e. The number of terminal acetylenes is 1. The second-order valence-electron chi connectivity index (χ2n) is 2.36. The molecule has 13 heavy (non-hydrogen) atoms. The summed E-state index contributed by atoms with van der Waals surface area (Å²) < 4.78 is 0. The van der Waals surface area contributed by atoms with Gasteiger partial charge in [0.1, 0.15) is 6.33 Å². The van der Waals surface area contributed by atoms with E-state index in [1.165, 1.54) is 11.2 Å². The van der Waals surface area contributed by atoms with Crippen molar-refractivity contribution in [1.82, 2.24) is 20.1 Å². The van der Waals surface area contributed by atoms with E-state index < -0.39 is 0 Å². The molecule has 1 heterocycles. The van der Waals surface area contributed by atoms with Crippen molar-refractivity contribution in [2.45, 2.75) is 6.92 Å². The molecular formula is C8H10N4O. The standard InChI is InChI=1S/C8H10N4O/c1-3-5-12(4-2)8(13)7-9-6-10-11-7/h1,6H,4-5H2,2H3,(H,9,10,11). The molecule has 0 saturated heterocycles. The Morgan fingerprint density at radius 1 is 1.85 bits per heavy atom. The van der Waals surface area contributed by atoms with E-state index in [-0.39, 0.29) is 18.3 Å². The first-order valence-electron chi connectivity index (χ1n) is 3.87. The second kappa shape index (κ2) is 4.26. The largest absolute Gasteiger partial charge is 0.325 e. The zero-order valence-electron chi connectivity index (χ0n) is 7.32. The molecule has 1 aromatic heterocycles. The Morgan fingerprint density at radius 2 is 2.62 bits per heavy atom. The molecule has 0 bridgehead atoms. The zero-order chi connectivity index (χ0) is 9.68. The number of carbonyl (C=O) groups excluding carboxylic acids is 1. The van der Waals surface area contributed by atoms with Crippen LogP contribution in [0, 0.1) is 12.3 Å². The maximum absolute atomic E-state index is 11.5. The average molecular weight is 178 g/mol. The first kappa shape index (κ1) is 9.26. The summed E-state index contributed by atoms with van der Waals surface area (Å²) in [6.07, 6.45) is 6.39. The fourth-order valence-electron chi connectivity index (χ4n) is 0.896. The van der Waals surface area contributed by atoms with Gasteiger partial charge in [0.2, 0.25) is 5.82 Å². The van der Waals surface area contributed by atoms with Crippen LogP contribution in [-0.4, -0.2) is 39.1 Å². The molecule has 0 saturated carbocycles. The van der Waals surface area contributed by atoms with E-state index in [1.807, 2.05) is 6.92 Å². The van der Waals surface area contributed by atoms with Gasteiger partial charge in [-0.15, -0.1) is 6.42 Å². The topological polar surface area (TPSA) is 61.9 Å².